The van der Waals surface area contributed by atoms with Crippen molar-refractivity contribution in [3.05, 3.63) is 27.2 Å². The van der Waals surface area contributed by atoms with Crippen molar-refractivity contribution in [2.75, 3.05) is 24.3 Å². The zero-order valence-electron chi connectivity index (χ0n) is 14.1. The van der Waals surface area contributed by atoms with Crippen molar-refractivity contribution in [3.8, 4) is 0 Å². The summed E-state index contributed by atoms with van der Waals surface area (Å²) in [5.74, 6) is 0.987. The van der Waals surface area contributed by atoms with Crippen LogP contribution in [0, 0.1) is 5.92 Å². The van der Waals surface area contributed by atoms with E-state index < -0.39 is 9.84 Å². The molecule has 0 saturated carbocycles. The molecule has 0 radical (unpaired) electrons. The number of halogens is 1. The molecule has 2 aromatic rings. The fourth-order valence-electron chi connectivity index (χ4n) is 2.65. The van der Waals surface area contributed by atoms with Gasteiger partial charge in [0, 0.05) is 18.3 Å². The summed E-state index contributed by atoms with van der Waals surface area (Å²) in [6, 6.07) is 3.71. The number of carbonyl (C=O) groups is 1. The number of amides is 1. The lowest BCUT2D eigenvalue weighted by Crippen LogP contribution is -2.27. The Kier molecular flexibility index (Phi) is 6.26. The maximum Gasteiger partial charge on any atom is 0.277 e. The molecule has 11 heteroatoms. The van der Waals surface area contributed by atoms with E-state index in [1.165, 1.54) is 23.1 Å². The molecular weight excluding hydrogens is 418 g/mol. The Morgan fingerprint density at radius 1 is 1.46 bits per heavy atom. The average molecular weight is 436 g/mol. The van der Waals surface area contributed by atoms with Crippen molar-refractivity contribution in [1.82, 2.24) is 15.1 Å². The maximum atomic E-state index is 12.2. The summed E-state index contributed by atoms with van der Waals surface area (Å²) in [6.45, 7) is 0.502. The van der Waals surface area contributed by atoms with Crippen LogP contribution in [0.5, 0.6) is 0 Å². The summed E-state index contributed by atoms with van der Waals surface area (Å²) in [5.41, 5.74) is 0. The number of thioether (sulfide) groups is 1. The first-order valence-electron chi connectivity index (χ1n) is 7.94. The summed E-state index contributed by atoms with van der Waals surface area (Å²) in [7, 11) is -1.18. The first-order valence-corrected chi connectivity index (χ1v) is 11.9. The number of hydrogen-bond donors (Lipinski definition) is 0. The zero-order chi connectivity index (χ0) is 18.7. The molecule has 0 unspecified atom stereocenters. The third kappa shape index (κ3) is 5.45. The van der Waals surface area contributed by atoms with Crippen LogP contribution in [0.2, 0.25) is 4.34 Å². The summed E-state index contributed by atoms with van der Waals surface area (Å²) in [6.07, 6.45) is 1.09. The van der Waals surface area contributed by atoms with E-state index in [2.05, 4.69) is 10.2 Å². The molecule has 0 bridgehead atoms. The first-order chi connectivity index (χ1) is 12.3. The summed E-state index contributed by atoms with van der Waals surface area (Å²) in [4.78, 5) is 14.8. The normalized spacial score (nSPS) is 18.9. The number of rotatable bonds is 7. The van der Waals surface area contributed by atoms with E-state index in [9.17, 15) is 13.2 Å². The minimum atomic E-state index is -2.92. The highest BCUT2D eigenvalue weighted by Gasteiger charge is 2.29. The van der Waals surface area contributed by atoms with Gasteiger partial charge in [-0.1, -0.05) is 23.4 Å². The summed E-state index contributed by atoms with van der Waals surface area (Å²) >= 11 is 8.52. The number of thiophene rings is 1. The van der Waals surface area contributed by atoms with Gasteiger partial charge in [0.15, 0.2) is 9.84 Å². The fraction of sp³-hybridized carbons (Fsp3) is 0.533. The van der Waals surface area contributed by atoms with Crippen molar-refractivity contribution in [3.63, 3.8) is 0 Å². The lowest BCUT2D eigenvalue weighted by atomic mass is 10.1. The molecule has 0 spiro atoms. The van der Waals surface area contributed by atoms with Gasteiger partial charge >= 0.3 is 0 Å². The molecule has 3 heterocycles. The minimum Gasteiger partial charge on any atom is -0.416 e. The van der Waals surface area contributed by atoms with E-state index in [0.29, 0.717) is 34.8 Å². The molecular formula is C15H18ClN3O4S3. The van der Waals surface area contributed by atoms with E-state index in [-0.39, 0.29) is 29.1 Å². The number of carbonyl (C=O) groups excluding carboxylic acids is 1. The van der Waals surface area contributed by atoms with Gasteiger partial charge in [0.2, 0.25) is 11.8 Å². The highest BCUT2D eigenvalue weighted by Crippen LogP contribution is 2.25. The average Bonchev–Trinajstić information content (AvgIpc) is 3.27. The molecule has 0 aromatic carbocycles. The van der Waals surface area contributed by atoms with Crippen LogP contribution in [0.4, 0.5) is 0 Å². The Bertz CT molecular complexity index is 880. The van der Waals surface area contributed by atoms with Crippen molar-refractivity contribution in [2.24, 2.45) is 5.92 Å². The topological polar surface area (TPSA) is 93.4 Å². The van der Waals surface area contributed by atoms with Crippen molar-refractivity contribution in [2.45, 2.75) is 24.6 Å². The van der Waals surface area contributed by atoms with Crippen LogP contribution in [0.25, 0.3) is 0 Å². The first kappa shape index (κ1) is 19.7. The lowest BCUT2D eigenvalue weighted by Gasteiger charge is -2.15. The Morgan fingerprint density at radius 3 is 2.92 bits per heavy atom. The molecule has 3 rings (SSSR count). The molecule has 1 aliphatic rings. The van der Waals surface area contributed by atoms with Crippen LogP contribution < -0.4 is 0 Å². The Hall–Kier alpha value is -1.10. The van der Waals surface area contributed by atoms with E-state index >= 15 is 0 Å². The zero-order valence-corrected chi connectivity index (χ0v) is 17.3. The molecule has 2 aromatic heterocycles. The molecule has 1 amide bonds. The van der Waals surface area contributed by atoms with E-state index in [0.717, 1.165) is 4.88 Å². The molecule has 26 heavy (non-hydrogen) atoms. The van der Waals surface area contributed by atoms with Crippen LogP contribution in [-0.4, -0.2) is 53.7 Å². The second-order valence-corrected chi connectivity index (χ2v) is 11.1. The lowest BCUT2D eigenvalue weighted by molar-refractivity contribution is -0.127. The molecule has 0 aliphatic carbocycles. The predicted molar refractivity (Wildman–Crippen MR) is 101 cm³/mol. The van der Waals surface area contributed by atoms with E-state index in [4.69, 9.17) is 16.0 Å². The standard InChI is InChI=1S/C15H18ClN3O4S3/c1-19(7-11-2-3-12(16)25-11)14(20)8-24-15-18-17-13(23-15)6-10-4-5-26(21,22)9-10/h2-3,10H,4-9H2,1H3/t10-/m1/s1. The monoisotopic (exact) mass is 435 g/mol. The number of sulfone groups is 1. The van der Waals surface area contributed by atoms with Gasteiger partial charge in [-0.05, 0) is 24.5 Å². The van der Waals surface area contributed by atoms with Gasteiger partial charge in [-0.3, -0.25) is 4.79 Å². The fourth-order valence-corrected chi connectivity index (χ4v) is 6.38. The quantitative estimate of drug-likeness (QED) is 0.616. The highest BCUT2D eigenvalue weighted by atomic mass is 35.5. The Labute approximate surface area is 165 Å². The third-order valence-corrected chi connectivity index (χ3v) is 7.86. The van der Waals surface area contributed by atoms with E-state index in [1.807, 2.05) is 12.1 Å². The van der Waals surface area contributed by atoms with Crippen molar-refractivity contribution >= 4 is 50.4 Å². The second kappa shape index (κ2) is 8.28. The number of hydrogen-bond acceptors (Lipinski definition) is 8. The van der Waals surface area contributed by atoms with Crippen LogP contribution >= 0.6 is 34.7 Å². The number of aromatic nitrogens is 2. The highest BCUT2D eigenvalue weighted by molar-refractivity contribution is 7.99. The van der Waals surface area contributed by atoms with Gasteiger partial charge in [-0.25, -0.2) is 8.42 Å². The SMILES string of the molecule is CN(Cc1ccc(Cl)s1)C(=O)CSc1nnc(C[C@H]2CCS(=O)(=O)C2)o1. The van der Waals surface area contributed by atoms with Crippen LogP contribution in [0.3, 0.4) is 0 Å². The summed E-state index contributed by atoms with van der Waals surface area (Å²) < 4.78 is 29.2. The third-order valence-electron chi connectivity index (χ3n) is 4.01. The minimum absolute atomic E-state index is 0.0312. The van der Waals surface area contributed by atoms with Crippen LogP contribution in [0.1, 0.15) is 17.2 Å². The van der Waals surface area contributed by atoms with Crippen molar-refractivity contribution < 1.29 is 17.6 Å². The van der Waals surface area contributed by atoms with E-state index in [1.54, 1.807) is 11.9 Å². The largest absolute Gasteiger partial charge is 0.416 e. The molecule has 7 nitrogen and oxygen atoms in total. The van der Waals surface area contributed by atoms with Gasteiger partial charge in [0.25, 0.3) is 5.22 Å². The predicted octanol–water partition coefficient (Wildman–Crippen LogP) is 2.51. The molecule has 142 valence electrons. The Balaban J connectivity index is 1.46. The van der Waals surface area contributed by atoms with Gasteiger partial charge in [-0.15, -0.1) is 21.5 Å². The number of nitrogens with zero attached hydrogens (tertiary/aromatic N) is 3. The van der Waals surface area contributed by atoms with Gasteiger partial charge < -0.3 is 9.32 Å². The smallest absolute Gasteiger partial charge is 0.277 e. The maximum absolute atomic E-state index is 12.2. The van der Waals surface area contributed by atoms with Gasteiger partial charge in [0.05, 0.1) is 28.1 Å². The van der Waals surface area contributed by atoms with Crippen LogP contribution in [0.15, 0.2) is 21.8 Å². The van der Waals surface area contributed by atoms with Crippen molar-refractivity contribution in [1.29, 1.82) is 0 Å². The van der Waals surface area contributed by atoms with Crippen LogP contribution in [-0.2, 0) is 27.6 Å². The second-order valence-electron chi connectivity index (χ2n) is 6.18. The van der Waals surface area contributed by atoms with Gasteiger partial charge in [-0.2, -0.15) is 0 Å². The molecule has 1 saturated heterocycles. The molecule has 1 fully saturated rings. The van der Waals surface area contributed by atoms with Gasteiger partial charge in [0.1, 0.15) is 0 Å². The summed E-state index contributed by atoms with van der Waals surface area (Å²) in [5, 5.41) is 8.20. The molecule has 1 aliphatic heterocycles. The Morgan fingerprint density at radius 2 is 2.27 bits per heavy atom. The molecule has 1 atom stereocenters. The molecule has 0 N–H and O–H groups in total.